The summed E-state index contributed by atoms with van der Waals surface area (Å²) in [4.78, 5) is 50.6. The average molecular weight is 620 g/mol. The molecule has 1 saturated heterocycles. The molecule has 5 rings (SSSR count). The van der Waals surface area contributed by atoms with E-state index in [1.807, 2.05) is 12.1 Å². The number of alkyl halides is 1. The monoisotopic (exact) mass is 619 g/mol. The number of aromatic amines is 2. The summed E-state index contributed by atoms with van der Waals surface area (Å²) >= 11 is 8.80. The van der Waals surface area contributed by atoms with Crippen LogP contribution in [0.15, 0.2) is 47.3 Å². The number of hydrogen-bond acceptors (Lipinski definition) is 5. The average Bonchev–Trinajstić information content (AvgIpc) is 3.27. The van der Waals surface area contributed by atoms with Crippen LogP contribution in [-0.2, 0) is 4.74 Å². The van der Waals surface area contributed by atoms with Gasteiger partial charge in [-0.05, 0) is 36.8 Å². The topological polar surface area (TPSA) is 111 Å². The third-order valence-electron chi connectivity index (χ3n) is 6.15. The van der Waals surface area contributed by atoms with E-state index >= 15 is 0 Å². The van der Waals surface area contributed by atoms with E-state index in [1.165, 1.54) is 0 Å². The third-order valence-corrected chi connectivity index (χ3v) is 7.22. The molecule has 0 aliphatic carbocycles. The molecule has 4 aromatic rings. The second kappa shape index (κ2) is 10.5. The summed E-state index contributed by atoms with van der Waals surface area (Å²) < 4.78 is 6.21. The predicted molar refractivity (Wildman–Crippen MR) is 147 cm³/mol. The Morgan fingerprint density at radius 1 is 1.00 bits per heavy atom. The first-order valence-electron chi connectivity index (χ1n) is 11.5. The van der Waals surface area contributed by atoms with Crippen LogP contribution in [0.5, 0.6) is 0 Å². The van der Waals surface area contributed by atoms with Crippen LogP contribution in [0.3, 0.4) is 0 Å². The highest BCUT2D eigenvalue weighted by Crippen LogP contribution is 2.30. The van der Waals surface area contributed by atoms with Gasteiger partial charge in [0.15, 0.2) is 0 Å². The summed E-state index contributed by atoms with van der Waals surface area (Å²) in [5.74, 6) is -0.121. The number of aromatic nitrogens is 3. The summed E-state index contributed by atoms with van der Waals surface area (Å²) in [5.41, 5.74) is 3.64. The van der Waals surface area contributed by atoms with E-state index in [4.69, 9.17) is 21.3 Å². The van der Waals surface area contributed by atoms with Gasteiger partial charge in [-0.3, -0.25) is 4.79 Å². The molecule has 1 aliphatic rings. The molecule has 2 amide bonds. The van der Waals surface area contributed by atoms with Crippen LogP contribution in [0.4, 0.5) is 4.79 Å². The van der Waals surface area contributed by atoms with Gasteiger partial charge in [-0.1, -0.05) is 46.3 Å². The maximum absolute atomic E-state index is 13.2. The molecule has 0 radical (unpaired) electrons. The van der Waals surface area contributed by atoms with E-state index in [0.717, 1.165) is 21.8 Å². The number of piperazine rings is 1. The number of carbonyl (C=O) groups is 2. The zero-order valence-corrected chi connectivity index (χ0v) is 22.1. The number of ether oxygens (including phenoxy) is 1. The number of imidazole rings is 1. The SMILES string of the molecule is O=C(OCCCI)N1CCN(C(=O)c2ccc3c(Cl)cc(-c4ccc5[nH]c(=O)[nH]c5c4)nc3c2)CC1. The molecule has 0 spiro atoms. The molecular weight excluding hydrogens is 597 g/mol. The largest absolute Gasteiger partial charge is 0.449 e. The highest BCUT2D eigenvalue weighted by molar-refractivity contribution is 14.1. The van der Waals surface area contributed by atoms with E-state index < -0.39 is 0 Å². The summed E-state index contributed by atoms with van der Waals surface area (Å²) in [6.45, 7) is 2.13. The molecule has 36 heavy (non-hydrogen) atoms. The zero-order valence-electron chi connectivity index (χ0n) is 19.2. The Morgan fingerprint density at radius 2 is 1.75 bits per heavy atom. The summed E-state index contributed by atoms with van der Waals surface area (Å²) in [6.07, 6.45) is 0.498. The standard InChI is InChI=1S/C25H23ClIN5O4/c26-18-14-20(15-3-5-19-22(12-15)30-24(34)29-19)28-21-13-16(2-4-17(18)21)23(33)31-7-9-32(10-8-31)25(35)36-11-1-6-27/h2-5,12-14H,1,6-11H2,(H2,29,30,34). The Balaban J connectivity index is 1.34. The normalized spacial score (nSPS) is 13.9. The molecule has 1 fully saturated rings. The van der Waals surface area contributed by atoms with Gasteiger partial charge in [-0.25, -0.2) is 14.6 Å². The first-order chi connectivity index (χ1) is 17.4. The number of fused-ring (bicyclic) bond motifs is 2. The second-order valence-corrected chi connectivity index (χ2v) is 9.98. The number of amides is 2. The number of carbonyl (C=O) groups excluding carboxylic acids is 2. The summed E-state index contributed by atoms with van der Waals surface area (Å²) in [6, 6.07) is 12.6. The van der Waals surface area contributed by atoms with Crippen molar-refractivity contribution in [3.63, 3.8) is 0 Å². The molecule has 3 heterocycles. The first-order valence-corrected chi connectivity index (χ1v) is 13.4. The van der Waals surface area contributed by atoms with E-state index in [1.54, 1.807) is 40.1 Å². The number of H-pyrrole nitrogens is 2. The molecule has 186 valence electrons. The van der Waals surface area contributed by atoms with Crippen molar-refractivity contribution in [3.05, 3.63) is 63.5 Å². The van der Waals surface area contributed by atoms with E-state index in [9.17, 15) is 14.4 Å². The summed E-state index contributed by atoms with van der Waals surface area (Å²) in [7, 11) is 0. The van der Waals surface area contributed by atoms with E-state index in [0.29, 0.717) is 65.6 Å². The smallest absolute Gasteiger partial charge is 0.409 e. The van der Waals surface area contributed by atoms with Gasteiger partial charge in [0.05, 0.1) is 33.9 Å². The molecule has 0 bridgehead atoms. The quantitative estimate of drug-likeness (QED) is 0.195. The zero-order chi connectivity index (χ0) is 25.2. The van der Waals surface area contributed by atoms with Gasteiger partial charge >= 0.3 is 11.8 Å². The Hall–Kier alpha value is -3.12. The Kier molecular flexibility index (Phi) is 7.15. The molecule has 2 N–H and O–H groups in total. The Bertz CT molecular complexity index is 1510. The first kappa shape index (κ1) is 24.6. The molecule has 2 aromatic heterocycles. The van der Waals surface area contributed by atoms with Crippen molar-refractivity contribution in [2.45, 2.75) is 6.42 Å². The summed E-state index contributed by atoms with van der Waals surface area (Å²) in [5, 5.41) is 1.26. The van der Waals surface area contributed by atoms with Crippen LogP contribution in [0.25, 0.3) is 33.2 Å². The lowest BCUT2D eigenvalue weighted by Gasteiger charge is -2.34. The van der Waals surface area contributed by atoms with Gasteiger partial charge in [0.25, 0.3) is 5.91 Å². The highest BCUT2D eigenvalue weighted by Gasteiger charge is 2.26. The number of hydrogen-bond donors (Lipinski definition) is 2. The molecule has 11 heteroatoms. The minimum Gasteiger partial charge on any atom is -0.449 e. The van der Waals surface area contributed by atoms with Crippen LogP contribution in [-0.4, -0.2) is 74.0 Å². The van der Waals surface area contributed by atoms with E-state index in [2.05, 4.69) is 32.6 Å². The number of nitrogens with zero attached hydrogens (tertiary/aromatic N) is 3. The maximum Gasteiger partial charge on any atom is 0.409 e. The van der Waals surface area contributed by atoms with Crippen LogP contribution < -0.4 is 5.69 Å². The van der Waals surface area contributed by atoms with Crippen LogP contribution in [0, 0.1) is 0 Å². The molecule has 0 saturated carbocycles. The second-order valence-electron chi connectivity index (χ2n) is 8.50. The van der Waals surface area contributed by atoms with Crippen molar-refractivity contribution < 1.29 is 14.3 Å². The third kappa shape index (κ3) is 5.05. The Labute approximate surface area is 224 Å². The van der Waals surface area contributed by atoms with Crippen LogP contribution in [0.2, 0.25) is 5.02 Å². The molecule has 9 nitrogen and oxygen atoms in total. The maximum atomic E-state index is 13.2. The lowest BCUT2D eigenvalue weighted by molar-refractivity contribution is 0.0561. The number of pyridine rings is 1. The van der Waals surface area contributed by atoms with Gasteiger partial charge in [-0.15, -0.1) is 0 Å². The number of benzene rings is 2. The van der Waals surface area contributed by atoms with Crippen molar-refractivity contribution >= 4 is 68.1 Å². The fourth-order valence-electron chi connectivity index (χ4n) is 4.24. The van der Waals surface area contributed by atoms with Crippen molar-refractivity contribution in [2.75, 3.05) is 37.2 Å². The van der Waals surface area contributed by atoms with Gasteiger partial charge in [-0.2, -0.15) is 0 Å². The Morgan fingerprint density at radius 3 is 2.53 bits per heavy atom. The fourth-order valence-corrected chi connectivity index (χ4v) is 4.81. The fraction of sp³-hybridized carbons (Fsp3) is 0.280. The minimum atomic E-state index is -0.328. The van der Waals surface area contributed by atoms with Gasteiger partial charge in [0.1, 0.15) is 0 Å². The van der Waals surface area contributed by atoms with Gasteiger partial charge < -0.3 is 24.5 Å². The molecular formula is C25H23ClIN5O4. The minimum absolute atomic E-state index is 0.121. The lowest BCUT2D eigenvalue weighted by Crippen LogP contribution is -2.50. The van der Waals surface area contributed by atoms with Crippen molar-refractivity contribution in [1.82, 2.24) is 24.8 Å². The number of nitrogens with one attached hydrogen (secondary N) is 2. The van der Waals surface area contributed by atoms with Crippen LogP contribution in [0.1, 0.15) is 16.8 Å². The van der Waals surface area contributed by atoms with Crippen molar-refractivity contribution in [2.24, 2.45) is 0 Å². The number of halogens is 2. The number of rotatable bonds is 5. The lowest BCUT2D eigenvalue weighted by atomic mass is 10.1. The van der Waals surface area contributed by atoms with E-state index in [-0.39, 0.29) is 17.7 Å². The van der Waals surface area contributed by atoms with Gasteiger partial charge in [0, 0.05) is 47.1 Å². The van der Waals surface area contributed by atoms with Crippen molar-refractivity contribution in [1.29, 1.82) is 0 Å². The highest BCUT2D eigenvalue weighted by atomic mass is 127. The van der Waals surface area contributed by atoms with Gasteiger partial charge in [0.2, 0.25) is 0 Å². The molecule has 0 atom stereocenters. The molecule has 0 unspecified atom stereocenters. The predicted octanol–water partition coefficient (Wildman–Crippen LogP) is 4.44. The van der Waals surface area contributed by atoms with Crippen molar-refractivity contribution in [3.8, 4) is 11.3 Å². The van der Waals surface area contributed by atoms with Crippen LogP contribution >= 0.6 is 34.2 Å². The molecule has 2 aromatic carbocycles. The molecule has 1 aliphatic heterocycles.